The average molecular weight is 208 g/mol. The number of hydrogen-bond acceptors (Lipinski definition) is 1. The first-order valence-electron chi connectivity index (χ1n) is 2.59. The molecule has 0 atom stereocenters. The Hall–Kier alpha value is -0.510. The number of rotatable bonds is 1. The average Bonchev–Trinajstić information content (AvgIpc) is 1.88. The topological polar surface area (TPSA) is 12.9 Å². The Balaban J connectivity index is 2.96. The van der Waals surface area contributed by atoms with Crippen molar-refractivity contribution in [3.8, 4) is 0 Å². The van der Waals surface area contributed by atoms with Crippen LogP contribution in [0.2, 0.25) is 0 Å². The maximum absolute atomic E-state index is 11.9. The summed E-state index contributed by atoms with van der Waals surface area (Å²) in [7, 11) is 0. The van der Waals surface area contributed by atoms with Crippen molar-refractivity contribution in [2.45, 2.75) is 6.43 Å². The Bertz CT molecular complexity index is 227. The summed E-state index contributed by atoms with van der Waals surface area (Å²) in [5, 5.41) is 0. The standard InChI is InChI=1S/C6H4BrF2N/c7-5-1-4(6(8)9)2-10-3-5/h1-3,6H. The monoisotopic (exact) mass is 207 g/mol. The van der Waals surface area contributed by atoms with E-state index in [-0.39, 0.29) is 5.56 Å². The number of hydrogen-bond donors (Lipinski definition) is 0. The maximum atomic E-state index is 11.9. The molecule has 1 rings (SSSR count). The van der Waals surface area contributed by atoms with Crippen LogP contribution in [0.25, 0.3) is 0 Å². The summed E-state index contributed by atoms with van der Waals surface area (Å²) in [6, 6.07) is 1.34. The largest absolute Gasteiger partial charge is 0.265 e. The van der Waals surface area contributed by atoms with Crippen LogP contribution in [0.1, 0.15) is 12.0 Å². The Morgan fingerprint density at radius 1 is 1.40 bits per heavy atom. The summed E-state index contributed by atoms with van der Waals surface area (Å²) in [4.78, 5) is 3.58. The molecule has 1 aromatic rings. The summed E-state index contributed by atoms with van der Waals surface area (Å²) in [6.45, 7) is 0. The molecule has 0 aliphatic heterocycles. The number of nitrogens with zero attached hydrogens (tertiary/aromatic N) is 1. The fourth-order valence-electron chi connectivity index (χ4n) is 0.548. The molecule has 0 saturated heterocycles. The van der Waals surface area contributed by atoms with Crippen molar-refractivity contribution < 1.29 is 8.78 Å². The van der Waals surface area contributed by atoms with E-state index in [0.717, 1.165) is 6.20 Å². The minimum absolute atomic E-state index is 0.0608. The van der Waals surface area contributed by atoms with E-state index >= 15 is 0 Å². The molecule has 1 nitrogen and oxygen atoms in total. The van der Waals surface area contributed by atoms with E-state index in [1.54, 1.807) is 0 Å². The van der Waals surface area contributed by atoms with Gasteiger partial charge in [-0.1, -0.05) is 0 Å². The summed E-state index contributed by atoms with van der Waals surface area (Å²) >= 11 is 3.03. The van der Waals surface area contributed by atoms with Gasteiger partial charge in [-0.15, -0.1) is 0 Å². The summed E-state index contributed by atoms with van der Waals surface area (Å²) in [5.74, 6) is 0. The summed E-state index contributed by atoms with van der Waals surface area (Å²) in [5.41, 5.74) is -0.0608. The van der Waals surface area contributed by atoms with Gasteiger partial charge >= 0.3 is 0 Å². The number of halogens is 3. The second-order valence-corrected chi connectivity index (χ2v) is 2.65. The number of pyridine rings is 1. The van der Waals surface area contributed by atoms with Gasteiger partial charge in [0.1, 0.15) is 0 Å². The molecule has 0 spiro atoms. The first-order valence-corrected chi connectivity index (χ1v) is 3.38. The van der Waals surface area contributed by atoms with Crippen LogP contribution in [0.15, 0.2) is 22.9 Å². The lowest BCUT2D eigenvalue weighted by Gasteiger charge is -1.96. The molecule has 4 heteroatoms. The zero-order valence-electron chi connectivity index (χ0n) is 4.89. The van der Waals surface area contributed by atoms with Crippen LogP contribution in [0.3, 0.4) is 0 Å². The van der Waals surface area contributed by atoms with Crippen LogP contribution in [-0.4, -0.2) is 4.98 Å². The van der Waals surface area contributed by atoms with Gasteiger partial charge in [0.2, 0.25) is 0 Å². The lowest BCUT2D eigenvalue weighted by atomic mass is 10.3. The second kappa shape index (κ2) is 3.05. The van der Waals surface area contributed by atoms with Gasteiger partial charge in [-0.05, 0) is 22.0 Å². The van der Waals surface area contributed by atoms with Gasteiger partial charge in [0.15, 0.2) is 0 Å². The Morgan fingerprint density at radius 3 is 2.50 bits per heavy atom. The fraction of sp³-hybridized carbons (Fsp3) is 0.167. The van der Waals surface area contributed by atoms with Gasteiger partial charge in [0, 0.05) is 22.4 Å². The van der Waals surface area contributed by atoms with E-state index in [4.69, 9.17) is 0 Å². The van der Waals surface area contributed by atoms with Crippen molar-refractivity contribution in [1.29, 1.82) is 0 Å². The van der Waals surface area contributed by atoms with Crippen LogP contribution in [0.5, 0.6) is 0 Å². The summed E-state index contributed by atoms with van der Waals surface area (Å²) < 4.78 is 24.3. The van der Waals surface area contributed by atoms with E-state index < -0.39 is 6.43 Å². The van der Waals surface area contributed by atoms with Gasteiger partial charge in [-0.3, -0.25) is 4.98 Å². The van der Waals surface area contributed by atoms with Gasteiger partial charge in [-0.25, -0.2) is 8.78 Å². The molecular formula is C6H4BrF2N. The van der Waals surface area contributed by atoms with Gasteiger partial charge < -0.3 is 0 Å². The molecular weight excluding hydrogens is 204 g/mol. The number of aromatic nitrogens is 1. The second-order valence-electron chi connectivity index (χ2n) is 1.74. The SMILES string of the molecule is FC(F)c1cncc(Br)c1. The molecule has 0 aromatic carbocycles. The molecule has 0 N–H and O–H groups in total. The van der Waals surface area contributed by atoms with Crippen molar-refractivity contribution in [3.63, 3.8) is 0 Å². The first kappa shape index (κ1) is 7.60. The molecule has 1 heterocycles. The Kier molecular flexibility index (Phi) is 2.32. The number of alkyl halides is 2. The highest BCUT2D eigenvalue weighted by atomic mass is 79.9. The molecule has 0 radical (unpaired) electrons. The molecule has 0 fully saturated rings. The molecule has 0 aliphatic carbocycles. The van der Waals surface area contributed by atoms with Crippen LogP contribution >= 0.6 is 15.9 Å². The molecule has 54 valence electrons. The van der Waals surface area contributed by atoms with E-state index in [2.05, 4.69) is 20.9 Å². The van der Waals surface area contributed by atoms with Gasteiger partial charge in [0.25, 0.3) is 6.43 Å². The third-order valence-corrected chi connectivity index (χ3v) is 1.41. The highest BCUT2D eigenvalue weighted by molar-refractivity contribution is 9.10. The minimum atomic E-state index is -2.44. The summed E-state index contributed by atoms with van der Waals surface area (Å²) in [6.07, 6.45) is 0.173. The van der Waals surface area contributed by atoms with E-state index in [0.29, 0.717) is 4.47 Å². The molecule has 0 amide bonds. The molecule has 0 unspecified atom stereocenters. The van der Waals surface area contributed by atoms with Crippen LogP contribution in [0, 0.1) is 0 Å². The zero-order chi connectivity index (χ0) is 7.56. The van der Waals surface area contributed by atoms with Gasteiger partial charge in [0.05, 0.1) is 0 Å². The molecule has 1 aromatic heterocycles. The molecule has 0 bridgehead atoms. The van der Waals surface area contributed by atoms with Crippen LogP contribution in [0.4, 0.5) is 8.78 Å². The lowest BCUT2D eigenvalue weighted by molar-refractivity contribution is 0.151. The zero-order valence-corrected chi connectivity index (χ0v) is 6.48. The van der Waals surface area contributed by atoms with Crippen molar-refractivity contribution in [2.24, 2.45) is 0 Å². The highest BCUT2D eigenvalue weighted by Gasteiger charge is 2.05. The van der Waals surface area contributed by atoms with Gasteiger partial charge in [-0.2, -0.15) is 0 Å². The Labute approximate surface area is 65.2 Å². The predicted molar refractivity (Wildman–Crippen MR) is 36.9 cm³/mol. The van der Waals surface area contributed by atoms with E-state index in [1.807, 2.05) is 0 Å². The maximum Gasteiger partial charge on any atom is 0.265 e. The fourth-order valence-corrected chi connectivity index (χ4v) is 0.930. The smallest absolute Gasteiger partial charge is 0.263 e. The van der Waals surface area contributed by atoms with Crippen molar-refractivity contribution >= 4 is 15.9 Å². The molecule has 0 saturated carbocycles. The molecule has 0 aliphatic rings. The predicted octanol–water partition coefficient (Wildman–Crippen LogP) is 2.78. The van der Waals surface area contributed by atoms with Crippen LogP contribution in [-0.2, 0) is 0 Å². The van der Waals surface area contributed by atoms with E-state index in [9.17, 15) is 8.78 Å². The third-order valence-electron chi connectivity index (χ3n) is 0.978. The van der Waals surface area contributed by atoms with Crippen molar-refractivity contribution in [2.75, 3.05) is 0 Å². The first-order chi connectivity index (χ1) is 4.70. The minimum Gasteiger partial charge on any atom is -0.263 e. The van der Waals surface area contributed by atoms with Crippen LogP contribution < -0.4 is 0 Å². The van der Waals surface area contributed by atoms with E-state index in [1.165, 1.54) is 12.3 Å². The normalized spacial score (nSPS) is 10.4. The quantitative estimate of drug-likeness (QED) is 0.691. The highest BCUT2D eigenvalue weighted by Crippen LogP contribution is 2.20. The lowest BCUT2D eigenvalue weighted by Crippen LogP contribution is -1.84. The third kappa shape index (κ3) is 1.73. The van der Waals surface area contributed by atoms with Crippen molar-refractivity contribution in [1.82, 2.24) is 4.98 Å². The molecule has 10 heavy (non-hydrogen) atoms. The Morgan fingerprint density at radius 2 is 2.10 bits per heavy atom. The van der Waals surface area contributed by atoms with Crippen molar-refractivity contribution in [3.05, 3.63) is 28.5 Å².